The normalized spacial score (nSPS) is 11.0. The summed E-state index contributed by atoms with van der Waals surface area (Å²) in [5.41, 5.74) is 6.86. The Hall–Kier alpha value is -0.350. The molecule has 0 aliphatic rings. The van der Waals surface area contributed by atoms with Crippen LogP contribution in [0.4, 0.5) is 14.5 Å². The summed E-state index contributed by atoms with van der Waals surface area (Å²) in [5.74, 6) is 0.535. The van der Waals surface area contributed by atoms with E-state index in [1.54, 1.807) is 6.07 Å². The maximum Gasteiger partial charge on any atom is 0.265 e. The van der Waals surface area contributed by atoms with Crippen LogP contribution in [0.15, 0.2) is 16.6 Å². The van der Waals surface area contributed by atoms with Gasteiger partial charge >= 0.3 is 0 Å². The molecule has 0 heterocycles. The molecule has 0 aliphatic carbocycles. The number of benzene rings is 1. The third-order valence-corrected chi connectivity index (χ3v) is 3.03. The van der Waals surface area contributed by atoms with Gasteiger partial charge in [0.15, 0.2) is 0 Å². The minimum absolute atomic E-state index is 0.0675. The lowest BCUT2D eigenvalue weighted by Crippen LogP contribution is -1.98. The second-order valence-corrected chi connectivity index (χ2v) is 4.40. The molecule has 1 rings (SSSR count). The van der Waals surface area contributed by atoms with Crippen molar-refractivity contribution < 1.29 is 8.78 Å². The third kappa shape index (κ3) is 3.31. The van der Waals surface area contributed by atoms with Crippen LogP contribution in [0.5, 0.6) is 0 Å². The van der Waals surface area contributed by atoms with Crippen molar-refractivity contribution in [3.63, 3.8) is 0 Å². The first kappa shape index (κ1) is 12.7. The molecule has 15 heavy (non-hydrogen) atoms. The molecule has 0 saturated carbocycles. The average Bonchev–Trinajstić information content (AvgIpc) is 2.18. The van der Waals surface area contributed by atoms with Crippen molar-refractivity contribution in [3.05, 3.63) is 27.7 Å². The van der Waals surface area contributed by atoms with Crippen molar-refractivity contribution >= 4 is 33.2 Å². The van der Waals surface area contributed by atoms with Gasteiger partial charge in [0.2, 0.25) is 0 Å². The highest BCUT2D eigenvalue weighted by Gasteiger charge is 2.13. The number of hydrogen-bond donors (Lipinski definition) is 1. The Balaban J connectivity index is 2.97. The molecular formula is C10H11BrClF2N. The molecule has 0 aliphatic heterocycles. The molecule has 0 radical (unpaired) electrons. The van der Waals surface area contributed by atoms with E-state index in [0.29, 0.717) is 22.5 Å². The summed E-state index contributed by atoms with van der Waals surface area (Å²) in [6.45, 7) is 0. The van der Waals surface area contributed by atoms with Gasteiger partial charge < -0.3 is 5.73 Å². The van der Waals surface area contributed by atoms with Crippen LogP contribution >= 0.6 is 27.5 Å². The van der Waals surface area contributed by atoms with E-state index in [-0.39, 0.29) is 5.56 Å². The van der Waals surface area contributed by atoms with Crippen molar-refractivity contribution in [2.45, 2.75) is 19.3 Å². The number of nitrogens with two attached hydrogens (primary N) is 1. The maximum atomic E-state index is 12.5. The summed E-state index contributed by atoms with van der Waals surface area (Å²) in [6.07, 6.45) is -1.02. The van der Waals surface area contributed by atoms with Gasteiger partial charge in [-0.2, -0.15) is 0 Å². The maximum absolute atomic E-state index is 12.5. The Labute approximate surface area is 101 Å². The van der Waals surface area contributed by atoms with Crippen LogP contribution in [0.25, 0.3) is 0 Å². The van der Waals surface area contributed by atoms with Gasteiger partial charge in [-0.25, -0.2) is 8.78 Å². The molecule has 0 fully saturated rings. The third-order valence-electron chi connectivity index (χ3n) is 2.07. The lowest BCUT2D eigenvalue weighted by atomic mass is 10.1. The Morgan fingerprint density at radius 1 is 1.40 bits per heavy atom. The van der Waals surface area contributed by atoms with E-state index in [0.717, 1.165) is 12.0 Å². The minimum Gasteiger partial charge on any atom is -0.398 e. The van der Waals surface area contributed by atoms with Crippen LogP contribution in [-0.4, -0.2) is 5.88 Å². The van der Waals surface area contributed by atoms with Gasteiger partial charge in [0, 0.05) is 21.6 Å². The highest BCUT2D eigenvalue weighted by Crippen LogP contribution is 2.31. The first-order chi connectivity index (χ1) is 7.06. The topological polar surface area (TPSA) is 26.0 Å². The molecule has 5 heteroatoms. The molecule has 0 unspecified atom stereocenters. The number of alkyl halides is 3. The number of aryl methyl sites for hydroxylation is 1. The summed E-state index contributed by atoms with van der Waals surface area (Å²) in [5, 5.41) is 0. The molecule has 2 N–H and O–H groups in total. The Kier molecular flexibility index (Phi) is 4.80. The molecule has 1 aromatic carbocycles. The fraction of sp³-hybridized carbons (Fsp3) is 0.400. The van der Waals surface area contributed by atoms with Crippen LogP contribution in [0.3, 0.4) is 0 Å². The van der Waals surface area contributed by atoms with Crippen LogP contribution in [0, 0.1) is 0 Å². The zero-order valence-electron chi connectivity index (χ0n) is 7.94. The molecule has 1 aromatic rings. The summed E-state index contributed by atoms with van der Waals surface area (Å²) < 4.78 is 25.4. The average molecular weight is 299 g/mol. The van der Waals surface area contributed by atoms with Gasteiger partial charge in [-0.3, -0.25) is 0 Å². The predicted octanol–water partition coefficient (Wildman–Crippen LogP) is 4.14. The van der Waals surface area contributed by atoms with E-state index in [4.69, 9.17) is 17.3 Å². The second kappa shape index (κ2) is 5.66. The number of nitrogen functional groups attached to an aromatic ring is 1. The van der Waals surface area contributed by atoms with E-state index in [2.05, 4.69) is 15.9 Å². The van der Waals surface area contributed by atoms with Gasteiger partial charge in [0.25, 0.3) is 6.43 Å². The fourth-order valence-corrected chi connectivity index (χ4v) is 1.99. The lowest BCUT2D eigenvalue weighted by molar-refractivity contribution is 0.150. The predicted molar refractivity (Wildman–Crippen MR) is 62.6 cm³/mol. The van der Waals surface area contributed by atoms with E-state index in [1.807, 2.05) is 0 Å². The molecule has 0 amide bonds. The molecule has 1 nitrogen and oxygen atoms in total. The van der Waals surface area contributed by atoms with Crippen LogP contribution in [-0.2, 0) is 6.42 Å². The van der Waals surface area contributed by atoms with Gasteiger partial charge in [-0.1, -0.05) is 15.9 Å². The molecule has 0 bridgehead atoms. The van der Waals surface area contributed by atoms with Gasteiger partial charge in [0.05, 0.1) is 0 Å². The van der Waals surface area contributed by atoms with Gasteiger partial charge in [-0.05, 0) is 30.5 Å². The summed E-state index contributed by atoms with van der Waals surface area (Å²) in [6, 6.07) is 2.96. The Morgan fingerprint density at radius 3 is 2.60 bits per heavy atom. The van der Waals surface area contributed by atoms with Gasteiger partial charge in [-0.15, -0.1) is 11.6 Å². The molecule has 0 aromatic heterocycles. The van der Waals surface area contributed by atoms with Crippen molar-refractivity contribution in [3.8, 4) is 0 Å². The number of anilines is 1. The molecule has 0 saturated heterocycles. The van der Waals surface area contributed by atoms with Crippen molar-refractivity contribution in [2.24, 2.45) is 0 Å². The quantitative estimate of drug-likeness (QED) is 0.656. The van der Waals surface area contributed by atoms with Crippen molar-refractivity contribution in [1.29, 1.82) is 0 Å². The van der Waals surface area contributed by atoms with E-state index in [1.165, 1.54) is 6.07 Å². The largest absolute Gasteiger partial charge is 0.398 e. The van der Waals surface area contributed by atoms with Crippen LogP contribution in [0.2, 0.25) is 0 Å². The summed E-state index contributed by atoms with van der Waals surface area (Å²) in [7, 11) is 0. The standard InChI is InChI=1S/C10H11BrClF2N/c11-8-4-6(2-1-3-12)9(15)5-7(8)10(13)14/h4-5,10H,1-3,15H2. The van der Waals surface area contributed by atoms with Crippen LogP contribution in [0.1, 0.15) is 24.0 Å². The Morgan fingerprint density at radius 2 is 2.07 bits per heavy atom. The summed E-state index contributed by atoms with van der Waals surface area (Å²) in [4.78, 5) is 0. The molecule has 84 valence electrons. The monoisotopic (exact) mass is 297 g/mol. The van der Waals surface area contributed by atoms with E-state index >= 15 is 0 Å². The molecule has 0 spiro atoms. The van der Waals surface area contributed by atoms with Crippen LogP contribution < -0.4 is 5.73 Å². The minimum atomic E-state index is -2.51. The highest BCUT2D eigenvalue weighted by atomic mass is 79.9. The number of halogens is 4. The molecule has 0 atom stereocenters. The zero-order chi connectivity index (χ0) is 11.4. The van der Waals surface area contributed by atoms with E-state index in [9.17, 15) is 8.78 Å². The first-order valence-corrected chi connectivity index (χ1v) is 5.81. The van der Waals surface area contributed by atoms with E-state index < -0.39 is 6.43 Å². The van der Waals surface area contributed by atoms with Crippen molar-refractivity contribution in [2.75, 3.05) is 11.6 Å². The molecular weight excluding hydrogens is 287 g/mol. The first-order valence-electron chi connectivity index (χ1n) is 4.48. The zero-order valence-corrected chi connectivity index (χ0v) is 10.3. The smallest absolute Gasteiger partial charge is 0.265 e. The second-order valence-electron chi connectivity index (χ2n) is 3.17. The fourth-order valence-electron chi connectivity index (χ4n) is 1.29. The lowest BCUT2D eigenvalue weighted by Gasteiger charge is -2.09. The van der Waals surface area contributed by atoms with Crippen molar-refractivity contribution in [1.82, 2.24) is 0 Å². The Bertz CT molecular complexity index is 344. The van der Waals surface area contributed by atoms with Gasteiger partial charge in [0.1, 0.15) is 0 Å². The number of rotatable bonds is 4. The SMILES string of the molecule is Nc1cc(C(F)F)c(Br)cc1CCCCl. The number of hydrogen-bond acceptors (Lipinski definition) is 1. The highest BCUT2D eigenvalue weighted by molar-refractivity contribution is 9.10. The summed E-state index contributed by atoms with van der Waals surface area (Å²) >= 11 is 8.66.